The first kappa shape index (κ1) is 12.0. The van der Waals surface area contributed by atoms with Gasteiger partial charge in [0.15, 0.2) is 0 Å². The first-order valence-corrected chi connectivity index (χ1v) is 5.56. The summed E-state index contributed by atoms with van der Waals surface area (Å²) in [5, 5.41) is 9.45. The maximum absolute atomic E-state index is 9.45. The zero-order valence-electron chi connectivity index (χ0n) is 10.4. The summed E-state index contributed by atoms with van der Waals surface area (Å²) in [4.78, 5) is 3.99. The van der Waals surface area contributed by atoms with Gasteiger partial charge in [-0.25, -0.2) is 4.98 Å². The number of phenolic OH excluding ortho intramolecular Hbond substituents is 1. The van der Waals surface area contributed by atoms with E-state index in [0.717, 1.165) is 16.8 Å². The lowest BCUT2D eigenvalue weighted by Crippen LogP contribution is -2.09. The summed E-state index contributed by atoms with van der Waals surface area (Å²) < 4.78 is 1.73. The minimum Gasteiger partial charge on any atom is -0.508 e. The third-order valence-corrected chi connectivity index (χ3v) is 2.75. The molecule has 0 aliphatic heterocycles. The molecular weight excluding hydrogens is 228 g/mol. The Hall–Kier alpha value is -2.43. The van der Waals surface area contributed by atoms with Crippen LogP contribution in [0.25, 0.3) is 5.70 Å². The van der Waals surface area contributed by atoms with Gasteiger partial charge in [0.2, 0.25) is 5.95 Å². The molecule has 0 bridgehead atoms. The van der Waals surface area contributed by atoms with Crippen molar-refractivity contribution in [3.05, 3.63) is 47.4 Å². The molecule has 5 nitrogen and oxygen atoms in total. The number of nitrogens with two attached hydrogens (primary N) is 2. The highest BCUT2D eigenvalue weighted by Crippen LogP contribution is 2.26. The van der Waals surface area contributed by atoms with Gasteiger partial charge in [-0.05, 0) is 37.6 Å². The molecule has 2 rings (SSSR count). The fourth-order valence-electron chi connectivity index (χ4n) is 1.95. The molecule has 0 radical (unpaired) electrons. The Bertz CT molecular complexity index is 609. The number of imidazole rings is 1. The van der Waals surface area contributed by atoms with Crippen LogP contribution in [-0.2, 0) is 0 Å². The number of allylic oxidation sites excluding steroid dienone is 1. The number of rotatable bonds is 2. The standard InChI is InChI=1S/C13H16N4O/c1-8-7-10(18)3-4-11(8)12(9(2)14)17-6-5-16-13(17)15/h3-7,18H,14H2,1-2H3,(H2,15,16)/b12-9-. The van der Waals surface area contributed by atoms with Crippen molar-refractivity contribution in [2.45, 2.75) is 13.8 Å². The van der Waals surface area contributed by atoms with Gasteiger partial charge in [-0.15, -0.1) is 0 Å². The topological polar surface area (TPSA) is 90.1 Å². The molecule has 0 atom stereocenters. The number of phenols is 1. The van der Waals surface area contributed by atoms with Crippen LogP contribution >= 0.6 is 0 Å². The van der Waals surface area contributed by atoms with Crippen molar-refractivity contribution in [1.82, 2.24) is 9.55 Å². The van der Waals surface area contributed by atoms with E-state index >= 15 is 0 Å². The summed E-state index contributed by atoms with van der Waals surface area (Å²) in [6.07, 6.45) is 3.38. The average molecular weight is 244 g/mol. The molecule has 0 aliphatic carbocycles. The van der Waals surface area contributed by atoms with Gasteiger partial charge in [-0.2, -0.15) is 0 Å². The molecule has 0 aliphatic rings. The Morgan fingerprint density at radius 2 is 2.11 bits per heavy atom. The first-order valence-electron chi connectivity index (χ1n) is 5.56. The molecule has 5 heteroatoms. The zero-order valence-corrected chi connectivity index (χ0v) is 10.4. The van der Waals surface area contributed by atoms with Gasteiger partial charge in [-0.1, -0.05) is 0 Å². The van der Waals surface area contributed by atoms with Crippen molar-refractivity contribution in [2.75, 3.05) is 5.73 Å². The van der Waals surface area contributed by atoms with Crippen LogP contribution in [0.5, 0.6) is 5.75 Å². The minimum absolute atomic E-state index is 0.226. The number of aryl methyl sites for hydroxylation is 1. The van der Waals surface area contributed by atoms with E-state index in [4.69, 9.17) is 11.5 Å². The molecule has 2 aromatic rings. The second-order valence-corrected chi connectivity index (χ2v) is 4.19. The van der Waals surface area contributed by atoms with Crippen molar-refractivity contribution < 1.29 is 5.11 Å². The van der Waals surface area contributed by atoms with Crippen LogP contribution in [-0.4, -0.2) is 14.7 Å². The summed E-state index contributed by atoms with van der Waals surface area (Å²) in [6, 6.07) is 5.12. The van der Waals surface area contributed by atoms with Gasteiger partial charge < -0.3 is 16.6 Å². The SMILES string of the molecule is C/C(N)=C(\c1ccc(O)cc1C)n1ccnc1N. The highest BCUT2D eigenvalue weighted by Gasteiger charge is 2.12. The molecule has 5 N–H and O–H groups in total. The van der Waals surface area contributed by atoms with Crippen LogP contribution in [0.15, 0.2) is 36.3 Å². The number of anilines is 1. The van der Waals surface area contributed by atoms with E-state index in [1.807, 2.05) is 13.0 Å². The number of nitrogen functional groups attached to an aromatic ring is 1. The number of hydrogen-bond acceptors (Lipinski definition) is 4. The molecule has 0 fully saturated rings. The minimum atomic E-state index is 0.226. The Morgan fingerprint density at radius 3 is 2.61 bits per heavy atom. The second kappa shape index (κ2) is 4.44. The highest BCUT2D eigenvalue weighted by atomic mass is 16.3. The van der Waals surface area contributed by atoms with Crippen LogP contribution in [0.3, 0.4) is 0 Å². The molecule has 1 aromatic carbocycles. The molecule has 1 aromatic heterocycles. The van der Waals surface area contributed by atoms with E-state index in [-0.39, 0.29) is 5.75 Å². The third kappa shape index (κ3) is 2.02. The van der Waals surface area contributed by atoms with Crippen molar-refractivity contribution in [1.29, 1.82) is 0 Å². The fraction of sp³-hybridized carbons (Fsp3) is 0.154. The predicted octanol–water partition coefficient (Wildman–Crippen LogP) is 1.67. The summed E-state index contributed by atoms with van der Waals surface area (Å²) in [7, 11) is 0. The van der Waals surface area contributed by atoms with Crippen molar-refractivity contribution >= 4 is 11.6 Å². The van der Waals surface area contributed by atoms with Gasteiger partial charge in [0, 0.05) is 23.7 Å². The summed E-state index contributed by atoms with van der Waals surface area (Å²) in [5.41, 5.74) is 15.0. The van der Waals surface area contributed by atoms with Crippen molar-refractivity contribution in [3.8, 4) is 5.75 Å². The molecule has 0 saturated heterocycles. The van der Waals surface area contributed by atoms with E-state index in [1.165, 1.54) is 0 Å². The highest BCUT2D eigenvalue weighted by molar-refractivity contribution is 5.72. The lowest BCUT2D eigenvalue weighted by Gasteiger charge is -2.15. The second-order valence-electron chi connectivity index (χ2n) is 4.19. The summed E-state index contributed by atoms with van der Waals surface area (Å²) >= 11 is 0. The summed E-state index contributed by atoms with van der Waals surface area (Å²) in [5.74, 6) is 0.603. The normalized spacial score (nSPS) is 12.3. The molecule has 94 valence electrons. The number of aromatic hydroxyl groups is 1. The van der Waals surface area contributed by atoms with Gasteiger partial charge in [0.05, 0.1) is 5.70 Å². The maximum atomic E-state index is 9.45. The van der Waals surface area contributed by atoms with Gasteiger partial charge in [0.1, 0.15) is 5.75 Å². The van der Waals surface area contributed by atoms with Crippen molar-refractivity contribution in [3.63, 3.8) is 0 Å². The van der Waals surface area contributed by atoms with Crippen LogP contribution < -0.4 is 11.5 Å². The first-order chi connectivity index (χ1) is 8.50. The lowest BCUT2D eigenvalue weighted by molar-refractivity contribution is 0.475. The third-order valence-electron chi connectivity index (χ3n) is 2.75. The van der Waals surface area contributed by atoms with E-state index in [9.17, 15) is 5.11 Å². The molecular formula is C13H16N4O. The number of aromatic nitrogens is 2. The maximum Gasteiger partial charge on any atom is 0.204 e. The quantitative estimate of drug-likeness (QED) is 0.749. The molecule has 0 unspecified atom stereocenters. The Labute approximate surface area is 105 Å². The van der Waals surface area contributed by atoms with Gasteiger partial charge in [-0.3, -0.25) is 4.57 Å². The number of benzene rings is 1. The molecule has 0 saturated carbocycles. The van der Waals surface area contributed by atoms with E-state index in [2.05, 4.69) is 4.98 Å². The monoisotopic (exact) mass is 244 g/mol. The van der Waals surface area contributed by atoms with E-state index in [0.29, 0.717) is 11.6 Å². The number of nitrogens with zero attached hydrogens (tertiary/aromatic N) is 2. The molecule has 1 heterocycles. The lowest BCUT2D eigenvalue weighted by atomic mass is 10.0. The zero-order chi connectivity index (χ0) is 13.3. The number of hydrogen-bond donors (Lipinski definition) is 3. The van der Waals surface area contributed by atoms with E-state index < -0.39 is 0 Å². The van der Waals surface area contributed by atoms with Crippen molar-refractivity contribution in [2.24, 2.45) is 5.73 Å². The van der Waals surface area contributed by atoms with Crippen LogP contribution in [0.4, 0.5) is 5.95 Å². The van der Waals surface area contributed by atoms with Gasteiger partial charge in [0.25, 0.3) is 0 Å². The Kier molecular flexibility index (Phi) is 2.97. The Balaban J connectivity index is 2.65. The largest absolute Gasteiger partial charge is 0.508 e. The van der Waals surface area contributed by atoms with Crippen LogP contribution in [0, 0.1) is 6.92 Å². The van der Waals surface area contributed by atoms with Crippen LogP contribution in [0.1, 0.15) is 18.1 Å². The van der Waals surface area contributed by atoms with E-state index in [1.54, 1.807) is 36.0 Å². The fourth-order valence-corrected chi connectivity index (χ4v) is 1.95. The molecule has 0 spiro atoms. The smallest absolute Gasteiger partial charge is 0.204 e. The predicted molar refractivity (Wildman–Crippen MR) is 71.7 cm³/mol. The molecule has 18 heavy (non-hydrogen) atoms. The molecule has 0 amide bonds. The van der Waals surface area contributed by atoms with Crippen LogP contribution in [0.2, 0.25) is 0 Å². The Morgan fingerprint density at radius 1 is 1.39 bits per heavy atom. The summed E-state index contributed by atoms with van der Waals surface area (Å²) in [6.45, 7) is 3.71. The van der Waals surface area contributed by atoms with Gasteiger partial charge >= 0.3 is 0 Å². The average Bonchev–Trinajstić information content (AvgIpc) is 2.68.